The predicted molar refractivity (Wildman–Crippen MR) is 52.2 cm³/mol. The molecule has 0 aliphatic heterocycles. The molecule has 1 unspecified atom stereocenters. The molecule has 0 saturated carbocycles. The van der Waals surface area contributed by atoms with Crippen molar-refractivity contribution < 1.29 is 5.11 Å². The fraction of sp³-hybridized carbons (Fsp3) is 0.200. The summed E-state index contributed by atoms with van der Waals surface area (Å²) in [6, 6.07) is 7.45. The minimum absolute atomic E-state index is 0.402. The van der Waals surface area contributed by atoms with Gasteiger partial charge in [-0.25, -0.2) is 0 Å². The van der Waals surface area contributed by atoms with Gasteiger partial charge in [0.15, 0.2) is 0 Å². The Morgan fingerprint density at radius 3 is 2.42 bits per heavy atom. The second-order valence-corrected chi connectivity index (χ2v) is 3.09. The van der Waals surface area contributed by atoms with Gasteiger partial charge in [0.25, 0.3) is 0 Å². The summed E-state index contributed by atoms with van der Waals surface area (Å²) in [5.74, 6) is 0. The lowest BCUT2D eigenvalue weighted by Gasteiger charge is -1.95. The molecule has 1 aromatic rings. The van der Waals surface area contributed by atoms with Crippen molar-refractivity contribution in [1.82, 2.24) is 0 Å². The zero-order valence-electron chi connectivity index (χ0n) is 6.87. The van der Waals surface area contributed by atoms with E-state index in [0.717, 1.165) is 10.6 Å². The first-order chi connectivity index (χ1) is 5.68. The first-order valence-electron chi connectivity index (χ1n) is 3.80. The Kier molecular flexibility index (Phi) is 3.32. The van der Waals surface area contributed by atoms with Gasteiger partial charge in [0.05, 0.1) is 6.10 Å². The van der Waals surface area contributed by atoms with Gasteiger partial charge in [-0.3, -0.25) is 0 Å². The summed E-state index contributed by atoms with van der Waals surface area (Å²) in [5, 5.41) is 9.68. The molecule has 0 spiro atoms. The van der Waals surface area contributed by atoms with Crippen molar-refractivity contribution in [2.24, 2.45) is 0 Å². The highest BCUT2D eigenvalue weighted by Gasteiger charge is 1.88. The third kappa shape index (κ3) is 3.07. The molecule has 0 bridgehead atoms. The summed E-state index contributed by atoms with van der Waals surface area (Å²) in [7, 11) is 0. The number of hydrogen-bond donors (Lipinski definition) is 1. The maximum Gasteiger partial charge on any atom is 0.0696 e. The molecule has 1 rings (SSSR count). The topological polar surface area (TPSA) is 20.2 Å². The Morgan fingerprint density at radius 2 is 1.92 bits per heavy atom. The van der Waals surface area contributed by atoms with E-state index in [0.29, 0.717) is 0 Å². The van der Waals surface area contributed by atoms with E-state index in [9.17, 15) is 0 Å². The lowest BCUT2D eigenvalue weighted by atomic mass is 10.2. The fourth-order valence-electron chi connectivity index (χ4n) is 0.824. The van der Waals surface area contributed by atoms with E-state index in [4.69, 9.17) is 16.7 Å². The highest BCUT2D eigenvalue weighted by molar-refractivity contribution is 6.30. The van der Waals surface area contributed by atoms with Crippen LogP contribution in [-0.4, -0.2) is 11.2 Å². The molecule has 64 valence electrons. The van der Waals surface area contributed by atoms with Crippen LogP contribution in [0, 0.1) is 0 Å². The third-order valence-corrected chi connectivity index (χ3v) is 1.69. The number of halogens is 1. The maximum atomic E-state index is 8.96. The summed E-state index contributed by atoms with van der Waals surface area (Å²) in [6.07, 6.45) is 3.19. The van der Waals surface area contributed by atoms with Crippen molar-refractivity contribution in [3.63, 3.8) is 0 Å². The molecule has 0 saturated heterocycles. The van der Waals surface area contributed by atoms with Gasteiger partial charge in [-0.15, -0.1) is 0 Å². The van der Waals surface area contributed by atoms with Gasteiger partial charge in [0, 0.05) is 5.02 Å². The van der Waals surface area contributed by atoms with E-state index >= 15 is 0 Å². The summed E-state index contributed by atoms with van der Waals surface area (Å²) in [6.45, 7) is 1.71. The van der Waals surface area contributed by atoms with Crippen LogP contribution in [0.15, 0.2) is 30.3 Å². The lowest BCUT2D eigenvalue weighted by Crippen LogP contribution is -1.90. The van der Waals surface area contributed by atoms with E-state index in [1.165, 1.54) is 0 Å². The van der Waals surface area contributed by atoms with Crippen LogP contribution in [0.2, 0.25) is 5.02 Å². The lowest BCUT2D eigenvalue weighted by molar-refractivity contribution is 0.245. The molecule has 12 heavy (non-hydrogen) atoms. The molecule has 0 amide bonds. The van der Waals surface area contributed by atoms with Crippen LogP contribution in [0.5, 0.6) is 0 Å². The predicted octanol–water partition coefficient (Wildman–Crippen LogP) is 2.73. The second kappa shape index (κ2) is 4.29. The molecule has 0 heterocycles. The van der Waals surface area contributed by atoms with Crippen LogP contribution in [0.25, 0.3) is 6.08 Å². The highest BCUT2D eigenvalue weighted by Crippen LogP contribution is 2.10. The molecular formula is C10H11ClO. The minimum atomic E-state index is -0.402. The Hall–Kier alpha value is -0.790. The molecule has 1 aromatic carbocycles. The number of rotatable bonds is 2. The standard InChI is InChI=1S/C10H11ClO/c1-8(12)2-3-9-4-6-10(11)7-5-9/h2-8,12H,1H3/b3-2+. The first-order valence-corrected chi connectivity index (χ1v) is 4.18. The van der Waals surface area contributed by atoms with Crippen LogP contribution < -0.4 is 0 Å². The van der Waals surface area contributed by atoms with Crippen molar-refractivity contribution in [2.75, 3.05) is 0 Å². The molecule has 0 radical (unpaired) electrons. The number of aliphatic hydroxyl groups excluding tert-OH is 1. The minimum Gasteiger partial charge on any atom is -0.389 e. The van der Waals surface area contributed by atoms with Gasteiger partial charge in [-0.1, -0.05) is 35.9 Å². The summed E-state index contributed by atoms with van der Waals surface area (Å²) >= 11 is 5.70. The number of hydrogen-bond acceptors (Lipinski definition) is 1. The van der Waals surface area contributed by atoms with Crippen LogP contribution >= 0.6 is 11.6 Å². The maximum absolute atomic E-state index is 8.96. The van der Waals surface area contributed by atoms with Crippen molar-refractivity contribution in [1.29, 1.82) is 0 Å². The van der Waals surface area contributed by atoms with Gasteiger partial charge in [-0.05, 0) is 24.6 Å². The zero-order valence-corrected chi connectivity index (χ0v) is 7.62. The molecule has 0 fully saturated rings. The van der Waals surface area contributed by atoms with E-state index in [2.05, 4.69) is 0 Å². The van der Waals surface area contributed by atoms with Crippen molar-refractivity contribution in [3.8, 4) is 0 Å². The summed E-state index contributed by atoms with van der Waals surface area (Å²) in [4.78, 5) is 0. The van der Waals surface area contributed by atoms with Crippen molar-refractivity contribution >= 4 is 17.7 Å². The molecule has 0 aromatic heterocycles. The smallest absolute Gasteiger partial charge is 0.0696 e. The number of benzene rings is 1. The van der Waals surface area contributed by atoms with Crippen molar-refractivity contribution in [3.05, 3.63) is 40.9 Å². The summed E-state index contributed by atoms with van der Waals surface area (Å²) < 4.78 is 0. The third-order valence-electron chi connectivity index (χ3n) is 1.44. The Morgan fingerprint density at radius 1 is 1.33 bits per heavy atom. The summed E-state index contributed by atoms with van der Waals surface area (Å²) in [5.41, 5.74) is 1.04. The Balaban J connectivity index is 2.71. The van der Waals surface area contributed by atoms with E-state index in [-0.39, 0.29) is 0 Å². The normalized spacial score (nSPS) is 13.6. The van der Waals surface area contributed by atoms with Gasteiger partial charge >= 0.3 is 0 Å². The van der Waals surface area contributed by atoms with Crippen molar-refractivity contribution in [2.45, 2.75) is 13.0 Å². The molecule has 2 heteroatoms. The molecule has 1 nitrogen and oxygen atoms in total. The average molecular weight is 183 g/mol. The highest BCUT2D eigenvalue weighted by atomic mass is 35.5. The van der Waals surface area contributed by atoms with Crippen LogP contribution in [0.3, 0.4) is 0 Å². The van der Waals surface area contributed by atoms with Crippen LogP contribution in [-0.2, 0) is 0 Å². The second-order valence-electron chi connectivity index (χ2n) is 2.65. The van der Waals surface area contributed by atoms with Gasteiger partial charge in [0.1, 0.15) is 0 Å². The van der Waals surface area contributed by atoms with E-state index in [1.807, 2.05) is 30.3 Å². The van der Waals surface area contributed by atoms with Gasteiger partial charge in [0.2, 0.25) is 0 Å². The SMILES string of the molecule is CC(O)/C=C/c1ccc(Cl)cc1. The fourth-order valence-corrected chi connectivity index (χ4v) is 0.950. The molecule has 0 aliphatic rings. The first kappa shape index (κ1) is 9.30. The average Bonchev–Trinajstić information content (AvgIpc) is 2.03. The molecule has 1 atom stereocenters. The molecular weight excluding hydrogens is 172 g/mol. The number of aliphatic hydroxyl groups is 1. The quantitative estimate of drug-likeness (QED) is 0.746. The Bertz CT molecular complexity index is 262. The van der Waals surface area contributed by atoms with Crippen LogP contribution in [0.1, 0.15) is 12.5 Å². The van der Waals surface area contributed by atoms with Crippen LogP contribution in [0.4, 0.5) is 0 Å². The van der Waals surface area contributed by atoms with Gasteiger partial charge in [-0.2, -0.15) is 0 Å². The molecule has 0 aliphatic carbocycles. The molecule has 1 N–H and O–H groups in total. The van der Waals surface area contributed by atoms with E-state index in [1.54, 1.807) is 13.0 Å². The van der Waals surface area contributed by atoms with E-state index < -0.39 is 6.10 Å². The zero-order chi connectivity index (χ0) is 8.97. The monoisotopic (exact) mass is 182 g/mol. The van der Waals surface area contributed by atoms with Gasteiger partial charge < -0.3 is 5.11 Å². The largest absolute Gasteiger partial charge is 0.389 e. The Labute approximate surface area is 77.3 Å².